The second-order valence-electron chi connectivity index (χ2n) is 5.54. The molecule has 1 aliphatic heterocycles. The highest BCUT2D eigenvalue weighted by molar-refractivity contribution is 5.92. The van der Waals surface area contributed by atoms with Gasteiger partial charge in [0.2, 0.25) is 0 Å². The third-order valence-electron chi connectivity index (χ3n) is 3.88. The van der Waals surface area contributed by atoms with Crippen LogP contribution in [0.1, 0.15) is 33.9 Å². The van der Waals surface area contributed by atoms with E-state index >= 15 is 0 Å². The zero-order valence-electron chi connectivity index (χ0n) is 12.6. The van der Waals surface area contributed by atoms with Crippen molar-refractivity contribution in [2.45, 2.75) is 12.8 Å². The lowest BCUT2D eigenvalue weighted by Gasteiger charge is -2.32. The maximum atomic E-state index is 12.4. The predicted octanol–water partition coefficient (Wildman–Crippen LogP) is 1.35. The summed E-state index contributed by atoms with van der Waals surface area (Å²) in [6, 6.07) is 3.30. The molecule has 0 spiro atoms. The fourth-order valence-electron chi connectivity index (χ4n) is 2.72. The van der Waals surface area contributed by atoms with E-state index in [4.69, 9.17) is 4.42 Å². The van der Waals surface area contributed by atoms with Crippen LogP contribution in [0.25, 0.3) is 0 Å². The summed E-state index contributed by atoms with van der Waals surface area (Å²) in [6.07, 6.45) is 7.88. The SMILES string of the molecule is O=C(NC[C@@H]1CCCN(C(=O)c2cnccn2)C1)c1ccco1. The van der Waals surface area contributed by atoms with Crippen LogP contribution in [0.3, 0.4) is 0 Å². The minimum atomic E-state index is -0.229. The Morgan fingerprint density at radius 2 is 2.30 bits per heavy atom. The molecule has 3 heterocycles. The molecule has 7 heteroatoms. The van der Waals surface area contributed by atoms with Gasteiger partial charge in [0.15, 0.2) is 5.76 Å². The molecule has 0 radical (unpaired) electrons. The van der Waals surface area contributed by atoms with Gasteiger partial charge in [0, 0.05) is 32.0 Å². The molecule has 23 heavy (non-hydrogen) atoms. The molecule has 2 amide bonds. The van der Waals surface area contributed by atoms with Crippen LogP contribution >= 0.6 is 0 Å². The van der Waals surface area contributed by atoms with Crippen LogP contribution in [0.15, 0.2) is 41.4 Å². The Balaban J connectivity index is 1.54. The molecule has 0 unspecified atom stereocenters. The van der Waals surface area contributed by atoms with Gasteiger partial charge in [-0.1, -0.05) is 0 Å². The van der Waals surface area contributed by atoms with Gasteiger partial charge in [-0.2, -0.15) is 0 Å². The van der Waals surface area contributed by atoms with E-state index in [1.54, 1.807) is 23.2 Å². The largest absolute Gasteiger partial charge is 0.459 e. The normalized spacial score (nSPS) is 17.7. The van der Waals surface area contributed by atoms with Crippen molar-refractivity contribution in [3.05, 3.63) is 48.4 Å². The van der Waals surface area contributed by atoms with Gasteiger partial charge in [0.25, 0.3) is 11.8 Å². The number of nitrogens with one attached hydrogen (secondary N) is 1. The standard InChI is InChI=1S/C16H18N4O3/c21-15(14-4-2-8-23-14)19-9-12-3-1-7-20(11-12)16(22)13-10-17-5-6-18-13/h2,4-6,8,10,12H,1,3,7,9,11H2,(H,19,21)/t12-/m0/s1. The van der Waals surface area contributed by atoms with Crippen LogP contribution in [0.5, 0.6) is 0 Å². The molecule has 2 aromatic heterocycles. The van der Waals surface area contributed by atoms with Crippen LogP contribution in [-0.4, -0.2) is 46.3 Å². The first kappa shape index (κ1) is 15.2. The van der Waals surface area contributed by atoms with Crippen LogP contribution in [0, 0.1) is 5.92 Å². The monoisotopic (exact) mass is 314 g/mol. The van der Waals surface area contributed by atoms with Crippen LogP contribution in [0.2, 0.25) is 0 Å². The molecule has 1 N–H and O–H groups in total. The van der Waals surface area contributed by atoms with E-state index in [9.17, 15) is 9.59 Å². The Kier molecular flexibility index (Phi) is 4.65. The summed E-state index contributed by atoms with van der Waals surface area (Å²) in [5.74, 6) is 0.184. The number of nitrogens with zero attached hydrogens (tertiary/aromatic N) is 3. The summed E-state index contributed by atoms with van der Waals surface area (Å²) in [4.78, 5) is 34.0. The van der Waals surface area contributed by atoms with Crippen LogP contribution < -0.4 is 5.32 Å². The summed E-state index contributed by atoms with van der Waals surface area (Å²) >= 11 is 0. The molecule has 1 aliphatic rings. The lowest BCUT2D eigenvalue weighted by molar-refractivity contribution is 0.0663. The Bertz CT molecular complexity index is 657. The van der Waals surface area contributed by atoms with Gasteiger partial charge in [-0.25, -0.2) is 4.98 Å². The fraction of sp³-hybridized carbons (Fsp3) is 0.375. The van der Waals surface area contributed by atoms with Gasteiger partial charge in [-0.3, -0.25) is 14.6 Å². The van der Waals surface area contributed by atoms with E-state index in [1.165, 1.54) is 18.7 Å². The average Bonchev–Trinajstić information content (AvgIpc) is 3.15. The van der Waals surface area contributed by atoms with Gasteiger partial charge in [-0.15, -0.1) is 0 Å². The highest BCUT2D eigenvalue weighted by Crippen LogP contribution is 2.17. The summed E-state index contributed by atoms with van der Waals surface area (Å²) in [7, 11) is 0. The zero-order chi connectivity index (χ0) is 16.1. The van der Waals surface area contributed by atoms with Crippen molar-refractivity contribution >= 4 is 11.8 Å². The van der Waals surface area contributed by atoms with Gasteiger partial charge in [-0.05, 0) is 30.9 Å². The van der Waals surface area contributed by atoms with Crippen molar-refractivity contribution in [2.24, 2.45) is 5.92 Å². The van der Waals surface area contributed by atoms with Gasteiger partial charge < -0.3 is 14.6 Å². The van der Waals surface area contributed by atoms with Crippen molar-refractivity contribution in [2.75, 3.05) is 19.6 Å². The zero-order valence-corrected chi connectivity index (χ0v) is 12.6. The number of carbonyl (C=O) groups excluding carboxylic acids is 2. The molecule has 1 atom stereocenters. The Hall–Kier alpha value is -2.70. The number of carbonyl (C=O) groups is 2. The lowest BCUT2D eigenvalue weighted by atomic mass is 9.97. The molecule has 1 fully saturated rings. The number of likely N-dealkylation sites (tertiary alicyclic amines) is 1. The number of aromatic nitrogens is 2. The molecule has 0 saturated carbocycles. The van der Waals surface area contributed by atoms with Crippen molar-refractivity contribution in [1.82, 2.24) is 20.2 Å². The van der Waals surface area contributed by atoms with E-state index in [2.05, 4.69) is 15.3 Å². The maximum Gasteiger partial charge on any atom is 0.286 e. The van der Waals surface area contributed by atoms with E-state index in [0.29, 0.717) is 31.1 Å². The molecule has 120 valence electrons. The Morgan fingerprint density at radius 3 is 3.04 bits per heavy atom. The minimum Gasteiger partial charge on any atom is -0.459 e. The summed E-state index contributed by atoms with van der Waals surface area (Å²) in [5.41, 5.74) is 0.354. The van der Waals surface area contributed by atoms with Gasteiger partial charge >= 0.3 is 0 Å². The molecular formula is C16H18N4O3. The van der Waals surface area contributed by atoms with Crippen molar-refractivity contribution in [1.29, 1.82) is 0 Å². The quantitative estimate of drug-likeness (QED) is 0.920. The number of furan rings is 1. The summed E-state index contributed by atoms with van der Waals surface area (Å²) < 4.78 is 5.06. The highest BCUT2D eigenvalue weighted by Gasteiger charge is 2.25. The van der Waals surface area contributed by atoms with Crippen molar-refractivity contribution < 1.29 is 14.0 Å². The number of piperidine rings is 1. The van der Waals surface area contributed by atoms with E-state index < -0.39 is 0 Å². The number of amides is 2. The first-order valence-corrected chi connectivity index (χ1v) is 7.61. The maximum absolute atomic E-state index is 12.4. The number of hydrogen-bond donors (Lipinski definition) is 1. The Morgan fingerprint density at radius 1 is 1.39 bits per heavy atom. The molecular weight excluding hydrogens is 296 g/mol. The average molecular weight is 314 g/mol. The molecule has 3 rings (SSSR count). The molecule has 1 saturated heterocycles. The molecule has 2 aromatic rings. The molecule has 0 aromatic carbocycles. The molecule has 0 aliphatic carbocycles. The third kappa shape index (κ3) is 3.74. The predicted molar refractivity (Wildman–Crippen MR) is 81.7 cm³/mol. The fourth-order valence-corrected chi connectivity index (χ4v) is 2.72. The second-order valence-corrected chi connectivity index (χ2v) is 5.54. The lowest BCUT2D eigenvalue weighted by Crippen LogP contribution is -2.44. The van der Waals surface area contributed by atoms with E-state index in [1.807, 2.05) is 0 Å². The highest BCUT2D eigenvalue weighted by atomic mass is 16.3. The smallest absolute Gasteiger partial charge is 0.286 e. The molecule has 7 nitrogen and oxygen atoms in total. The third-order valence-corrected chi connectivity index (χ3v) is 3.88. The minimum absolute atomic E-state index is 0.111. The van der Waals surface area contributed by atoms with E-state index in [0.717, 1.165) is 12.8 Å². The van der Waals surface area contributed by atoms with Crippen LogP contribution in [0.4, 0.5) is 0 Å². The van der Waals surface area contributed by atoms with Crippen molar-refractivity contribution in [3.8, 4) is 0 Å². The number of hydrogen-bond acceptors (Lipinski definition) is 5. The summed E-state index contributed by atoms with van der Waals surface area (Å²) in [6.45, 7) is 1.83. The van der Waals surface area contributed by atoms with Crippen molar-refractivity contribution in [3.63, 3.8) is 0 Å². The summed E-state index contributed by atoms with van der Waals surface area (Å²) in [5, 5.41) is 2.86. The van der Waals surface area contributed by atoms with E-state index in [-0.39, 0.29) is 17.7 Å². The van der Waals surface area contributed by atoms with Gasteiger partial charge in [0.05, 0.1) is 12.5 Å². The second kappa shape index (κ2) is 7.04. The molecule has 0 bridgehead atoms. The first-order valence-electron chi connectivity index (χ1n) is 7.61. The van der Waals surface area contributed by atoms with Gasteiger partial charge in [0.1, 0.15) is 5.69 Å². The Labute approximate surface area is 133 Å². The number of rotatable bonds is 4. The topological polar surface area (TPSA) is 88.3 Å². The first-order chi connectivity index (χ1) is 11.2. The van der Waals surface area contributed by atoms with Crippen LogP contribution in [-0.2, 0) is 0 Å².